The van der Waals surface area contributed by atoms with Crippen LogP contribution in [0.3, 0.4) is 0 Å². The van der Waals surface area contributed by atoms with Gasteiger partial charge in [-0.2, -0.15) is 0 Å². The molecular formula is C13H24NNaO5. The standard InChI is InChI=1S/C13H25NO5.Na/c1-2-3-4-5-8-19-9-6-7-14(10-12(15)16)11-13(17)18;/h2-11H2,1H3,(H,15,16)(H,17,18);/q;+1/p-1. The summed E-state index contributed by atoms with van der Waals surface area (Å²) in [5.74, 6) is -2.30. The van der Waals surface area contributed by atoms with E-state index in [2.05, 4.69) is 6.92 Å². The maximum Gasteiger partial charge on any atom is 1.00 e. The first kappa shape index (κ1) is 22.1. The summed E-state index contributed by atoms with van der Waals surface area (Å²) in [6.07, 6.45) is 5.21. The fraction of sp³-hybridized carbons (Fsp3) is 0.846. The van der Waals surface area contributed by atoms with E-state index in [9.17, 15) is 14.7 Å². The number of nitrogens with zero attached hydrogens (tertiary/aromatic N) is 1. The van der Waals surface area contributed by atoms with Gasteiger partial charge in [-0.3, -0.25) is 9.69 Å². The van der Waals surface area contributed by atoms with Crippen LogP contribution in [0.2, 0.25) is 0 Å². The molecule has 0 radical (unpaired) electrons. The zero-order valence-electron chi connectivity index (χ0n) is 12.6. The van der Waals surface area contributed by atoms with E-state index in [0.29, 0.717) is 26.2 Å². The molecule has 0 unspecified atom stereocenters. The van der Waals surface area contributed by atoms with Crippen molar-refractivity contribution in [1.29, 1.82) is 0 Å². The maximum atomic E-state index is 10.5. The predicted octanol–water partition coefficient (Wildman–Crippen LogP) is -2.89. The fourth-order valence-corrected chi connectivity index (χ4v) is 1.71. The minimum atomic E-state index is -1.26. The Bertz CT molecular complexity index is 247. The van der Waals surface area contributed by atoms with Crippen LogP contribution in [0.1, 0.15) is 39.0 Å². The van der Waals surface area contributed by atoms with Crippen molar-refractivity contribution in [2.45, 2.75) is 39.0 Å². The zero-order chi connectivity index (χ0) is 14.5. The number of carboxylic acid groups (broad SMARTS) is 2. The van der Waals surface area contributed by atoms with Crippen LogP contribution in [0.5, 0.6) is 0 Å². The largest absolute Gasteiger partial charge is 1.00 e. The van der Waals surface area contributed by atoms with Gasteiger partial charge < -0.3 is 19.7 Å². The first-order valence-electron chi connectivity index (χ1n) is 6.78. The molecule has 0 aromatic carbocycles. The van der Waals surface area contributed by atoms with Crippen molar-refractivity contribution in [1.82, 2.24) is 4.90 Å². The second-order valence-electron chi connectivity index (χ2n) is 4.50. The molecule has 0 atom stereocenters. The Labute approximate surface area is 142 Å². The SMILES string of the molecule is CCCCCCOCCCN(CC(=O)[O-])CC(=O)O.[Na+]. The summed E-state index contributed by atoms with van der Waals surface area (Å²) < 4.78 is 5.40. The Hall–Kier alpha value is -0.140. The van der Waals surface area contributed by atoms with Crippen LogP contribution in [0, 0.1) is 0 Å². The van der Waals surface area contributed by atoms with Gasteiger partial charge in [0.15, 0.2) is 0 Å². The minimum absolute atomic E-state index is 0. The Morgan fingerprint density at radius 1 is 1.10 bits per heavy atom. The number of carboxylic acids is 2. The Morgan fingerprint density at radius 2 is 1.75 bits per heavy atom. The molecule has 0 saturated carbocycles. The summed E-state index contributed by atoms with van der Waals surface area (Å²) in [7, 11) is 0. The molecule has 112 valence electrons. The van der Waals surface area contributed by atoms with E-state index in [1.54, 1.807) is 0 Å². The van der Waals surface area contributed by atoms with Crippen molar-refractivity contribution in [3.63, 3.8) is 0 Å². The summed E-state index contributed by atoms with van der Waals surface area (Å²) in [6, 6.07) is 0. The van der Waals surface area contributed by atoms with E-state index in [-0.39, 0.29) is 42.6 Å². The molecule has 1 N–H and O–H groups in total. The number of unbranched alkanes of at least 4 members (excludes halogenated alkanes) is 3. The van der Waals surface area contributed by atoms with Crippen LogP contribution < -0.4 is 34.7 Å². The first-order chi connectivity index (χ1) is 9.06. The Balaban J connectivity index is 0. The van der Waals surface area contributed by atoms with Crippen LogP contribution in [-0.4, -0.2) is 54.8 Å². The first-order valence-corrected chi connectivity index (χ1v) is 6.78. The smallest absolute Gasteiger partial charge is 0.549 e. The third-order valence-electron chi connectivity index (χ3n) is 2.62. The predicted molar refractivity (Wildman–Crippen MR) is 68.7 cm³/mol. The van der Waals surface area contributed by atoms with Gasteiger partial charge in [0.2, 0.25) is 0 Å². The minimum Gasteiger partial charge on any atom is -0.549 e. The molecule has 0 bridgehead atoms. The van der Waals surface area contributed by atoms with Crippen LogP contribution in [0.15, 0.2) is 0 Å². The van der Waals surface area contributed by atoms with Crippen molar-refractivity contribution in [3.8, 4) is 0 Å². The van der Waals surface area contributed by atoms with Gasteiger partial charge >= 0.3 is 35.5 Å². The van der Waals surface area contributed by atoms with Gasteiger partial charge in [0.1, 0.15) is 0 Å². The number of carbonyl (C=O) groups excluding carboxylic acids is 1. The number of hydrogen-bond donors (Lipinski definition) is 1. The van der Waals surface area contributed by atoms with Gasteiger partial charge in [0, 0.05) is 26.3 Å². The van der Waals surface area contributed by atoms with Gasteiger partial charge in [-0.25, -0.2) is 0 Å². The summed E-state index contributed by atoms with van der Waals surface area (Å²) in [5.41, 5.74) is 0. The third-order valence-corrected chi connectivity index (χ3v) is 2.62. The van der Waals surface area contributed by atoms with Gasteiger partial charge in [-0.05, 0) is 12.8 Å². The monoisotopic (exact) mass is 297 g/mol. The third kappa shape index (κ3) is 15.9. The molecule has 0 spiro atoms. The molecule has 0 fully saturated rings. The molecule has 0 saturated heterocycles. The molecule has 0 aliphatic heterocycles. The molecule has 0 aromatic heterocycles. The van der Waals surface area contributed by atoms with E-state index < -0.39 is 11.9 Å². The quantitative estimate of drug-likeness (QED) is 0.290. The van der Waals surface area contributed by atoms with Crippen LogP contribution in [0.4, 0.5) is 0 Å². The second-order valence-corrected chi connectivity index (χ2v) is 4.50. The fourth-order valence-electron chi connectivity index (χ4n) is 1.71. The molecule has 0 aliphatic carbocycles. The number of hydrogen-bond acceptors (Lipinski definition) is 5. The van der Waals surface area contributed by atoms with Gasteiger partial charge in [-0.1, -0.05) is 26.2 Å². The zero-order valence-corrected chi connectivity index (χ0v) is 14.6. The van der Waals surface area contributed by atoms with E-state index in [4.69, 9.17) is 9.84 Å². The summed E-state index contributed by atoms with van der Waals surface area (Å²) in [5, 5.41) is 19.1. The van der Waals surface area contributed by atoms with Crippen LogP contribution in [-0.2, 0) is 14.3 Å². The van der Waals surface area contributed by atoms with Crippen molar-refractivity contribution in [3.05, 3.63) is 0 Å². The molecule has 7 heteroatoms. The van der Waals surface area contributed by atoms with E-state index in [1.807, 2.05) is 0 Å². The number of carbonyl (C=O) groups is 2. The average Bonchev–Trinajstić information content (AvgIpc) is 2.30. The van der Waals surface area contributed by atoms with Gasteiger partial charge in [0.25, 0.3) is 0 Å². The molecule has 0 aliphatic rings. The molecule has 20 heavy (non-hydrogen) atoms. The molecule has 6 nitrogen and oxygen atoms in total. The molecule has 0 heterocycles. The average molecular weight is 297 g/mol. The molecule has 0 rings (SSSR count). The van der Waals surface area contributed by atoms with E-state index in [1.165, 1.54) is 17.7 Å². The number of aliphatic carboxylic acids is 2. The van der Waals surface area contributed by atoms with Crippen LogP contribution >= 0.6 is 0 Å². The summed E-state index contributed by atoms with van der Waals surface area (Å²) in [6.45, 7) is 3.12. The van der Waals surface area contributed by atoms with Crippen molar-refractivity contribution in [2.75, 3.05) is 32.8 Å². The maximum absolute atomic E-state index is 10.5. The molecule has 0 aromatic rings. The topological polar surface area (TPSA) is 89.9 Å². The van der Waals surface area contributed by atoms with Crippen molar-refractivity contribution < 1.29 is 54.1 Å². The van der Waals surface area contributed by atoms with E-state index >= 15 is 0 Å². The number of rotatable bonds is 13. The molecular weight excluding hydrogens is 273 g/mol. The normalized spacial score (nSPS) is 10.3. The Kier molecular flexibility index (Phi) is 16.9. The van der Waals surface area contributed by atoms with Crippen molar-refractivity contribution in [2.24, 2.45) is 0 Å². The second kappa shape index (κ2) is 15.3. The van der Waals surface area contributed by atoms with Crippen molar-refractivity contribution >= 4 is 11.9 Å². The van der Waals surface area contributed by atoms with E-state index in [0.717, 1.165) is 12.8 Å². The summed E-state index contributed by atoms with van der Waals surface area (Å²) >= 11 is 0. The number of ether oxygens (including phenoxy) is 1. The van der Waals surface area contributed by atoms with Gasteiger partial charge in [-0.15, -0.1) is 0 Å². The van der Waals surface area contributed by atoms with Gasteiger partial charge in [0.05, 0.1) is 12.5 Å². The summed E-state index contributed by atoms with van der Waals surface area (Å²) in [4.78, 5) is 22.3. The molecule has 0 amide bonds. The Morgan fingerprint density at radius 3 is 2.30 bits per heavy atom. The van der Waals surface area contributed by atoms with Crippen LogP contribution in [0.25, 0.3) is 0 Å².